The minimum atomic E-state index is -0.537. The van der Waals surface area contributed by atoms with E-state index in [1.54, 1.807) is 29.2 Å². The Balaban J connectivity index is 2.14. The minimum absolute atomic E-state index is 0.0787. The van der Waals surface area contributed by atoms with Gasteiger partial charge in [0.15, 0.2) is 0 Å². The summed E-state index contributed by atoms with van der Waals surface area (Å²) in [5.41, 5.74) is 1.04. The molecule has 1 heterocycles. The number of piperidine rings is 1. The minimum Gasteiger partial charge on any atom is -0.467 e. The van der Waals surface area contributed by atoms with Gasteiger partial charge >= 0.3 is 5.97 Å². The molecule has 1 atom stereocenters. The van der Waals surface area contributed by atoms with E-state index in [9.17, 15) is 14.4 Å². The Morgan fingerprint density at radius 1 is 1.28 bits per heavy atom. The number of anilines is 1. The third kappa shape index (κ3) is 5.05. The molecule has 0 aromatic heterocycles. The van der Waals surface area contributed by atoms with Crippen LogP contribution < -0.4 is 5.32 Å². The highest BCUT2D eigenvalue weighted by atomic mass is 16.5. The average molecular weight is 346 g/mol. The van der Waals surface area contributed by atoms with Gasteiger partial charge in [-0.3, -0.25) is 9.59 Å². The van der Waals surface area contributed by atoms with E-state index in [-0.39, 0.29) is 23.7 Å². The monoisotopic (exact) mass is 346 g/mol. The van der Waals surface area contributed by atoms with Crippen molar-refractivity contribution < 1.29 is 19.1 Å². The van der Waals surface area contributed by atoms with Crippen LogP contribution in [0.2, 0.25) is 0 Å². The van der Waals surface area contributed by atoms with Crippen LogP contribution in [0.25, 0.3) is 0 Å². The summed E-state index contributed by atoms with van der Waals surface area (Å²) in [6.07, 6.45) is 2.80. The number of esters is 1. The fourth-order valence-corrected chi connectivity index (χ4v) is 3.03. The van der Waals surface area contributed by atoms with Crippen LogP contribution in [0.4, 0.5) is 5.69 Å². The number of likely N-dealkylation sites (tertiary alicyclic amines) is 1. The van der Waals surface area contributed by atoms with E-state index in [0.29, 0.717) is 30.6 Å². The number of amides is 2. The van der Waals surface area contributed by atoms with E-state index in [4.69, 9.17) is 4.74 Å². The number of benzene rings is 1. The molecule has 0 radical (unpaired) electrons. The van der Waals surface area contributed by atoms with Gasteiger partial charge in [0.05, 0.1) is 7.11 Å². The predicted octanol–water partition coefficient (Wildman–Crippen LogP) is 2.84. The fraction of sp³-hybridized carbons (Fsp3) is 0.526. The summed E-state index contributed by atoms with van der Waals surface area (Å²) in [5.74, 6) is -0.409. The van der Waals surface area contributed by atoms with Gasteiger partial charge in [0.25, 0.3) is 5.91 Å². The van der Waals surface area contributed by atoms with Crippen LogP contribution in [0, 0.1) is 5.92 Å². The summed E-state index contributed by atoms with van der Waals surface area (Å²) in [7, 11) is 1.34. The van der Waals surface area contributed by atoms with Gasteiger partial charge in [-0.05, 0) is 43.4 Å². The molecule has 1 aliphatic rings. The number of ether oxygens (including phenoxy) is 1. The molecule has 1 aromatic carbocycles. The van der Waals surface area contributed by atoms with Crippen molar-refractivity contribution in [2.45, 2.75) is 45.6 Å². The highest BCUT2D eigenvalue weighted by molar-refractivity contribution is 5.99. The van der Waals surface area contributed by atoms with E-state index in [1.165, 1.54) is 7.11 Å². The molecule has 6 nitrogen and oxygen atoms in total. The van der Waals surface area contributed by atoms with Crippen molar-refractivity contribution in [3.63, 3.8) is 0 Å². The maximum atomic E-state index is 12.9. The lowest BCUT2D eigenvalue weighted by molar-refractivity contribution is -0.147. The Kier molecular flexibility index (Phi) is 6.56. The van der Waals surface area contributed by atoms with Gasteiger partial charge in [0.2, 0.25) is 5.91 Å². The Morgan fingerprint density at radius 3 is 2.72 bits per heavy atom. The number of hydrogen-bond acceptors (Lipinski definition) is 4. The molecular formula is C19H26N2O4. The number of nitrogens with zero attached hydrogens (tertiary/aromatic N) is 1. The molecule has 0 saturated carbocycles. The summed E-state index contributed by atoms with van der Waals surface area (Å²) in [6, 6.07) is 6.30. The standard InChI is InChI=1S/C19H26N2O4/c1-13(2)11-17(22)20-15-8-6-7-14(12-15)18(23)21-10-5-4-9-16(21)19(24)25-3/h6-8,12-13,16H,4-5,9-11H2,1-3H3,(H,20,22)/t16-/m0/s1. The quantitative estimate of drug-likeness (QED) is 0.832. The zero-order valence-corrected chi connectivity index (χ0v) is 15.1. The summed E-state index contributed by atoms with van der Waals surface area (Å²) in [6.45, 7) is 4.48. The Hall–Kier alpha value is -2.37. The highest BCUT2D eigenvalue weighted by Crippen LogP contribution is 2.22. The summed E-state index contributed by atoms with van der Waals surface area (Å²) in [5, 5.41) is 2.82. The van der Waals surface area contributed by atoms with Crippen molar-refractivity contribution in [2.75, 3.05) is 19.0 Å². The second-order valence-corrected chi connectivity index (χ2v) is 6.76. The molecule has 1 fully saturated rings. The van der Waals surface area contributed by atoms with Gasteiger partial charge < -0.3 is 15.0 Å². The van der Waals surface area contributed by atoms with Crippen LogP contribution in [0.15, 0.2) is 24.3 Å². The summed E-state index contributed by atoms with van der Waals surface area (Å²) >= 11 is 0. The number of methoxy groups -OCH3 is 1. The lowest BCUT2D eigenvalue weighted by atomic mass is 10.0. The first kappa shape index (κ1) is 19.0. The van der Waals surface area contributed by atoms with Crippen LogP contribution in [0.5, 0.6) is 0 Å². The van der Waals surface area contributed by atoms with E-state index in [2.05, 4.69) is 5.32 Å². The maximum absolute atomic E-state index is 12.9. The normalized spacial score (nSPS) is 17.3. The zero-order valence-electron chi connectivity index (χ0n) is 15.1. The van der Waals surface area contributed by atoms with Crippen LogP contribution in [-0.4, -0.2) is 42.4 Å². The van der Waals surface area contributed by atoms with Crippen molar-refractivity contribution in [3.8, 4) is 0 Å². The number of carbonyl (C=O) groups is 3. The van der Waals surface area contributed by atoms with Crippen molar-refractivity contribution in [2.24, 2.45) is 5.92 Å². The molecule has 0 spiro atoms. The van der Waals surface area contributed by atoms with E-state index in [0.717, 1.165) is 12.8 Å². The van der Waals surface area contributed by atoms with Crippen LogP contribution >= 0.6 is 0 Å². The third-order valence-corrected chi connectivity index (χ3v) is 4.22. The second kappa shape index (κ2) is 8.65. The van der Waals surface area contributed by atoms with Gasteiger partial charge in [-0.1, -0.05) is 19.9 Å². The SMILES string of the molecule is COC(=O)[C@@H]1CCCCN1C(=O)c1cccc(NC(=O)CC(C)C)c1. The molecule has 0 aliphatic carbocycles. The van der Waals surface area contributed by atoms with E-state index >= 15 is 0 Å². The van der Waals surface area contributed by atoms with Crippen molar-refractivity contribution in [1.82, 2.24) is 4.90 Å². The topological polar surface area (TPSA) is 75.7 Å². The van der Waals surface area contributed by atoms with Gasteiger partial charge in [-0.15, -0.1) is 0 Å². The molecule has 2 rings (SSSR count). The molecule has 2 amide bonds. The number of nitrogens with one attached hydrogen (secondary N) is 1. The van der Waals surface area contributed by atoms with Crippen LogP contribution in [0.3, 0.4) is 0 Å². The fourth-order valence-electron chi connectivity index (χ4n) is 3.03. The molecule has 0 bridgehead atoms. The van der Waals surface area contributed by atoms with Crippen molar-refractivity contribution in [1.29, 1.82) is 0 Å². The number of carbonyl (C=O) groups excluding carboxylic acids is 3. The molecule has 25 heavy (non-hydrogen) atoms. The van der Waals surface area contributed by atoms with Gasteiger partial charge in [0, 0.05) is 24.2 Å². The largest absolute Gasteiger partial charge is 0.467 e. The number of rotatable bonds is 5. The predicted molar refractivity (Wildman–Crippen MR) is 95.2 cm³/mol. The van der Waals surface area contributed by atoms with Crippen molar-refractivity contribution in [3.05, 3.63) is 29.8 Å². The first-order valence-corrected chi connectivity index (χ1v) is 8.71. The summed E-state index contributed by atoms with van der Waals surface area (Å²) in [4.78, 5) is 38.3. The Labute approximate surface area is 148 Å². The third-order valence-electron chi connectivity index (χ3n) is 4.22. The van der Waals surface area contributed by atoms with Gasteiger partial charge in [-0.25, -0.2) is 4.79 Å². The first-order valence-electron chi connectivity index (χ1n) is 8.71. The molecular weight excluding hydrogens is 320 g/mol. The maximum Gasteiger partial charge on any atom is 0.328 e. The average Bonchev–Trinajstić information content (AvgIpc) is 2.60. The molecule has 1 aliphatic heterocycles. The molecule has 0 unspecified atom stereocenters. The lowest BCUT2D eigenvalue weighted by Crippen LogP contribution is -2.48. The zero-order chi connectivity index (χ0) is 18.4. The van der Waals surface area contributed by atoms with Crippen LogP contribution in [-0.2, 0) is 14.3 Å². The summed E-state index contributed by atoms with van der Waals surface area (Å²) < 4.78 is 4.83. The first-order chi connectivity index (χ1) is 11.9. The Morgan fingerprint density at radius 2 is 2.04 bits per heavy atom. The van der Waals surface area contributed by atoms with Crippen molar-refractivity contribution >= 4 is 23.5 Å². The molecule has 1 aromatic rings. The highest BCUT2D eigenvalue weighted by Gasteiger charge is 2.33. The van der Waals surface area contributed by atoms with Gasteiger partial charge in [0.1, 0.15) is 6.04 Å². The molecule has 1 N–H and O–H groups in total. The smallest absolute Gasteiger partial charge is 0.328 e. The number of hydrogen-bond donors (Lipinski definition) is 1. The molecule has 6 heteroatoms. The van der Waals surface area contributed by atoms with Crippen LogP contribution in [0.1, 0.15) is 49.9 Å². The molecule has 1 saturated heterocycles. The lowest BCUT2D eigenvalue weighted by Gasteiger charge is -2.33. The van der Waals surface area contributed by atoms with Gasteiger partial charge in [-0.2, -0.15) is 0 Å². The molecule has 136 valence electrons. The van der Waals surface area contributed by atoms with E-state index < -0.39 is 6.04 Å². The Bertz CT molecular complexity index is 642. The second-order valence-electron chi connectivity index (χ2n) is 6.76. The van der Waals surface area contributed by atoms with E-state index in [1.807, 2.05) is 13.8 Å².